The highest BCUT2D eigenvalue weighted by Crippen LogP contribution is 2.16. The van der Waals surface area contributed by atoms with Gasteiger partial charge in [-0.2, -0.15) is 0 Å². The first kappa shape index (κ1) is 14.6. The smallest absolute Gasteiger partial charge is 0.189 e. The van der Waals surface area contributed by atoms with Crippen LogP contribution in [0.4, 0.5) is 0 Å². The van der Waals surface area contributed by atoms with Gasteiger partial charge in [0, 0.05) is 6.04 Å². The Morgan fingerprint density at radius 1 is 1.15 bits per heavy atom. The average molecular weight is 271 g/mol. The lowest BCUT2D eigenvalue weighted by Crippen LogP contribution is -2.39. The van der Waals surface area contributed by atoms with Crippen molar-refractivity contribution < 1.29 is 0 Å². The second-order valence-corrected chi connectivity index (χ2v) is 5.37. The number of benzene rings is 1. The molecule has 0 saturated heterocycles. The summed E-state index contributed by atoms with van der Waals surface area (Å²) >= 11 is 0. The SMILES string of the molecule is NC(=NCC=Cc1ccccc1)NC1CCCCCC1. The van der Waals surface area contributed by atoms with Crippen LogP contribution >= 0.6 is 0 Å². The normalized spacial score (nSPS) is 18.1. The van der Waals surface area contributed by atoms with Crippen LogP contribution in [0.5, 0.6) is 0 Å². The number of nitrogens with two attached hydrogens (primary N) is 1. The van der Waals surface area contributed by atoms with Crippen LogP contribution in [-0.4, -0.2) is 18.5 Å². The van der Waals surface area contributed by atoms with E-state index < -0.39 is 0 Å². The predicted molar refractivity (Wildman–Crippen MR) is 86.6 cm³/mol. The van der Waals surface area contributed by atoms with Crippen LogP contribution in [0.2, 0.25) is 0 Å². The van der Waals surface area contributed by atoms with Gasteiger partial charge in [0.1, 0.15) is 0 Å². The molecule has 1 aromatic rings. The van der Waals surface area contributed by atoms with Crippen molar-refractivity contribution in [2.24, 2.45) is 10.7 Å². The number of aliphatic imine (C=N–C) groups is 1. The molecule has 3 nitrogen and oxygen atoms in total. The standard InChI is InChI=1S/C17H25N3/c18-17(20-16-12-6-1-2-7-13-16)19-14-8-11-15-9-4-3-5-10-15/h3-5,8-11,16H,1-2,6-7,12-14H2,(H3,18,19,20). The summed E-state index contributed by atoms with van der Waals surface area (Å²) in [6.07, 6.45) is 11.9. The molecule has 0 radical (unpaired) electrons. The van der Waals surface area contributed by atoms with Gasteiger partial charge in [0.2, 0.25) is 0 Å². The summed E-state index contributed by atoms with van der Waals surface area (Å²) in [6, 6.07) is 10.8. The van der Waals surface area contributed by atoms with Crippen molar-refractivity contribution in [2.75, 3.05) is 6.54 Å². The zero-order valence-electron chi connectivity index (χ0n) is 12.1. The van der Waals surface area contributed by atoms with Gasteiger partial charge in [0.15, 0.2) is 5.96 Å². The number of hydrogen-bond donors (Lipinski definition) is 2. The minimum Gasteiger partial charge on any atom is -0.370 e. The van der Waals surface area contributed by atoms with E-state index in [1.54, 1.807) is 0 Å². The molecule has 0 heterocycles. The van der Waals surface area contributed by atoms with Crippen molar-refractivity contribution in [3.63, 3.8) is 0 Å². The van der Waals surface area contributed by atoms with Crippen LogP contribution in [0.15, 0.2) is 41.4 Å². The van der Waals surface area contributed by atoms with Crippen LogP contribution < -0.4 is 11.1 Å². The maximum absolute atomic E-state index is 5.94. The van der Waals surface area contributed by atoms with E-state index in [1.165, 1.54) is 44.1 Å². The number of nitrogens with one attached hydrogen (secondary N) is 1. The lowest BCUT2D eigenvalue weighted by atomic mass is 10.1. The Bertz CT molecular complexity index is 429. The third-order valence-corrected chi connectivity index (χ3v) is 3.68. The molecule has 1 fully saturated rings. The van der Waals surface area contributed by atoms with Crippen LogP contribution in [0, 0.1) is 0 Å². The van der Waals surface area contributed by atoms with E-state index in [4.69, 9.17) is 5.73 Å². The number of rotatable bonds is 4. The van der Waals surface area contributed by atoms with Crippen LogP contribution in [0.25, 0.3) is 6.08 Å². The third-order valence-electron chi connectivity index (χ3n) is 3.68. The van der Waals surface area contributed by atoms with Gasteiger partial charge < -0.3 is 11.1 Å². The highest BCUT2D eigenvalue weighted by atomic mass is 15.1. The molecule has 0 amide bonds. The Labute approximate surface area is 122 Å². The molecule has 0 spiro atoms. The van der Waals surface area contributed by atoms with Crippen molar-refractivity contribution in [1.29, 1.82) is 0 Å². The first-order valence-corrected chi connectivity index (χ1v) is 7.62. The molecular formula is C17H25N3. The van der Waals surface area contributed by atoms with E-state index in [0.717, 1.165) is 0 Å². The molecule has 0 bridgehead atoms. The van der Waals surface area contributed by atoms with Gasteiger partial charge in [0.25, 0.3) is 0 Å². The highest BCUT2D eigenvalue weighted by Gasteiger charge is 2.11. The summed E-state index contributed by atoms with van der Waals surface area (Å²) in [6.45, 7) is 0.625. The van der Waals surface area contributed by atoms with Gasteiger partial charge >= 0.3 is 0 Å². The molecule has 1 aliphatic rings. The molecule has 2 rings (SSSR count). The summed E-state index contributed by atoms with van der Waals surface area (Å²) < 4.78 is 0. The minimum atomic E-state index is 0.513. The van der Waals surface area contributed by atoms with Gasteiger partial charge in [-0.05, 0) is 18.4 Å². The predicted octanol–water partition coefficient (Wildman–Crippen LogP) is 3.33. The summed E-state index contributed by atoms with van der Waals surface area (Å²) in [7, 11) is 0. The van der Waals surface area contributed by atoms with E-state index in [1.807, 2.05) is 24.3 Å². The quantitative estimate of drug-likeness (QED) is 0.501. The molecule has 108 valence electrons. The van der Waals surface area contributed by atoms with Crippen molar-refractivity contribution >= 4 is 12.0 Å². The maximum Gasteiger partial charge on any atom is 0.189 e. The van der Waals surface area contributed by atoms with Crippen LogP contribution in [-0.2, 0) is 0 Å². The lowest BCUT2D eigenvalue weighted by Gasteiger charge is -2.16. The first-order chi connectivity index (χ1) is 9.84. The third kappa shape index (κ3) is 5.47. The zero-order chi connectivity index (χ0) is 14.0. The fourth-order valence-electron chi connectivity index (χ4n) is 2.58. The average Bonchev–Trinajstić information content (AvgIpc) is 2.73. The van der Waals surface area contributed by atoms with Crippen molar-refractivity contribution in [3.8, 4) is 0 Å². The van der Waals surface area contributed by atoms with E-state index in [-0.39, 0.29) is 0 Å². The molecule has 0 unspecified atom stereocenters. The van der Waals surface area contributed by atoms with Crippen molar-refractivity contribution in [1.82, 2.24) is 5.32 Å². The van der Waals surface area contributed by atoms with E-state index in [0.29, 0.717) is 18.5 Å². The van der Waals surface area contributed by atoms with Gasteiger partial charge in [0.05, 0.1) is 6.54 Å². The van der Waals surface area contributed by atoms with Gasteiger partial charge in [-0.15, -0.1) is 0 Å². The molecule has 1 aliphatic carbocycles. The van der Waals surface area contributed by atoms with Crippen molar-refractivity contribution in [2.45, 2.75) is 44.6 Å². The Balaban J connectivity index is 1.74. The minimum absolute atomic E-state index is 0.513. The fourth-order valence-corrected chi connectivity index (χ4v) is 2.58. The molecule has 20 heavy (non-hydrogen) atoms. The molecule has 0 aliphatic heterocycles. The van der Waals surface area contributed by atoms with Crippen LogP contribution in [0.3, 0.4) is 0 Å². The molecule has 3 N–H and O–H groups in total. The fraction of sp³-hybridized carbons (Fsp3) is 0.471. The number of guanidine groups is 1. The van der Waals surface area contributed by atoms with E-state index in [9.17, 15) is 0 Å². The Hall–Kier alpha value is -1.77. The molecule has 3 heteroatoms. The Morgan fingerprint density at radius 3 is 2.55 bits per heavy atom. The van der Waals surface area contributed by atoms with Gasteiger partial charge in [-0.3, -0.25) is 0 Å². The van der Waals surface area contributed by atoms with E-state index in [2.05, 4.69) is 28.5 Å². The summed E-state index contributed by atoms with van der Waals surface area (Å²) in [5, 5.41) is 3.35. The first-order valence-electron chi connectivity index (χ1n) is 7.62. The van der Waals surface area contributed by atoms with Crippen LogP contribution in [0.1, 0.15) is 44.1 Å². The van der Waals surface area contributed by atoms with Gasteiger partial charge in [-0.25, -0.2) is 4.99 Å². The Morgan fingerprint density at radius 2 is 1.85 bits per heavy atom. The molecule has 0 aromatic heterocycles. The van der Waals surface area contributed by atoms with Gasteiger partial charge in [-0.1, -0.05) is 68.2 Å². The summed E-state index contributed by atoms with van der Waals surface area (Å²) in [5.41, 5.74) is 7.13. The monoisotopic (exact) mass is 271 g/mol. The van der Waals surface area contributed by atoms with Crippen molar-refractivity contribution in [3.05, 3.63) is 42.0 Å². The summed E-state index contributed by atoms with van der Waals surface area (Å²) in [4.78, 5) is 4.36. The summed E-state index contributed by atoms with van der Waals surface area (Å²) in [5.74, 6) is 0.578. The molecular weight excluding hydrogens is 246 g/mol. The molecule has 0 atom stereocenters. The highest BCUT2D eigenvalue weighted by molar-refractivity contribution is 5.78. The topological polar surface area (TPSA) is 50.4 Å². The Kier molecular flexibility index (Phi) is 6.15. The molecule has 1 saturated carbocycles. The molecule has 1 aromatic carbocycles. The lowest BCUT2D eigenvalue weighted by molar-refractivity contribution is 0.530. The number of hydrogen-bond acceptors (Lipinski definition) is 1. The second kappa shape index (κ2) is 8.41. The number of nitrogens with zero attached hydrogens (tertiary/aromatic N) is 1. The van der Waals surface area contributed by atoms with E-state index >= 15 is 0 Å². The second-order valence-electron chi connectivity index (χ2n) is 5.37. The largest absolute Gasteiger partial charge is 0.370 e. The maximum atomic E-state index is 5.94. The zero-order valence-corrected chi connectivity index (χ0v) is 12.1.